The van der Waals surface area contributed by atoms with E-state index in [-0.39, 0.29) is 0 Å². The Bertz CT molecular complexity index is 784. The number of aliphatic imine (C=N–C) groups is 1. The monoisotopic (exact) mass is 418 g/mol. The van der Waals surface area contributed by atoms with Crippen LogP contribution in [-0.4, -0.2) is 47.5 Å². The van der Waals surface area contributed by atoms with Crippen molar-refractivity contribution in [1.29, 1.82) is 0 Å². The first-order valence-electron chi connectivity index (χ1n) is 10.5. The molecule has 29 heavy (non-hydrogen) atoms. The van der Waals surface area contributed by atoms with Crippen molar-refractivity contribution in [3.05, 3.63) is 33.4 Å². The van der Waals surface area contributed by atoms with Crippen molar-refractivity contribution in [2.75, 3.05) is 26.7 Å². The largest absolute Gasteiger partial charge is 0.444 e. The van der Waals surface area contributed by atoms with Gasteiger partial charge in [-0.3, -0.25) is 9.89 Å². The molecule has 1 saturated heterocycles. The molecule has 160 valence electrons. The molecular formula is C21H34N6OS. The number of aromatic nitrogens is 2. The highest BCUT2D eigenvalue weighted by Crippen LogP contribution is 2.20. The summed E-state index contributed by atoms with van der Waals surface area (Å²) in [7, 11) is 1.82. The van der Waals surface area contributed by atoms with Crippen LogP contribution < -0.4 is 10.6 Å². The highest BCUT2D eigenvalue weighted by atomic mass is 32.1. The Kier molecular flexibility index (Phi) is 7.66. The van der Waals surface area contributed by atoms with E-state index in [1.807, 2.05) is 20.9 Å². The van der Waals surface area contributed by atoms with Gasteiger partial charge in [-0.25, -0.2) is 9.97 Å². The minimum atomic E-state index is 0.472. The number of hydrogen-bond acceptors (Lipinski definition) is 6. The molecule has 1 fully saturated rings. The van der Waals surface area contributed by atoms with Crippen molar-refractivity contribution in [2.24, 2.45) is 10.9 Å². The number of rotatable bonds is 7. The Balaban J connectivity index is 1.37. The number of oxazole rings is 1. The molecule has 0 aromatic carbocycles. The molecule has 2 aromatic heterocycles. The van der Waals surface area contributed by atoms with E-state index < -0.39 is 0 Å². The molecule has 0 bridgehead atoms. The van der Waals surface area contributed by atoms with Crippen molar-refractivity contribution in [3.63, 3.8) is 0 Å². The van der Waals surface area contributed by atoms with Gasteiger partial charge in [0.2, 0.25) is 5.89 Å². The molecule has 0 amide bonds. The topological polar surface area (TPSA) is 78.6 Å². The summed E-state index contributed by atoms with van der Waals surface area (Å²) in [5.41, 5.74) is 2.16. The third-order valence-electron chi connectivity index (χ3n) is 5.49. The van der Waals surface area contributed by atoms with E-state index in [0.717, 1.165) is 60.2 Å². The van der Waals surface area contributed by atoms with Crippen LogP contribution in [0.1, 0.15) is 60.7 Å². The molecular weight excluding hydrogens is 384 g/mol. The van der Waals surface area contributed by atoms with Gasteiger partial charge >= 0.3 is 0 Å². The van der Waals surface area contributed by atoms with E-state index in [1.165, 1.54) is 12.8 Å². The number of aryl methyl sites for hydroxylation is 2. The lowest BCUT2D eigenvalue weighted by molar-refractivity contribution is 0.164. The number of piperidine rings is 1. The highest BCUT2D eigenvalue weighted by Gasteiger charge is 2.21. The van der Waals surface area contributed by atoms with Crippen LogP contribution in [0.4, 0.5) is 0 Å². The molecule has 0 aliphatic carbocycles. The van der Waals surface area contributed by atoms with E-state index in [0.29, 0.717) is 18.4 Å². The van der Waals surface area contributed by atoms with E-state index in [1.54, 1.807) is 11.3 Å². The summed E-state index contributed by atoms with van der Waals surface area (Å²) in [6.07, 6.45) is 2.35. The molecule has 1 aliphatic heterocycles. The standard InChI is InChI=1S/C21H34N6OS/c1-14(2)18-13-29-20(26-18)11-24-21(22-5)23-10-17-6-8-27(9-7-17)12-19-25-15(3)16(4)28-19/h13-14,17H,6-12H2,1-5H3,(H2,22,23,24). The van der Waals surface area contributed by atoms with Gasteiger partial charge in [-0.1, -0.05) is 13.8 Å². The van der Waals surface area contributed by atoms with Crippen LogP contribution in [0.15, 0.2) is 14.8 Å². The summed E-state index contributed by atoms with van der Waals surface area (Å²) in [6.45, 7) is 12.9. The number of guanidine groups is 1. The first kappa shape index (κ1) is 21.8. The lowest BCUT2D eigenvalue weighted by Gasteiger charge is -2.31. The molecule has 2 N–H and O–H groups in total. The SMILES string of the molecule is CN=C(NCc1nc(C(C)C)cs1)NCC1CCN(Cc2nc(C)c(C)o2)CC1. The Hall–Kier alpha value is -1.93. The Morgan fingerprint density at radius 2 is 2.03 bits per heavy atom. The van der Waals surface area contributed by atoms with Crippen LogP contribution in [0.3, 0.4) is 0 Å². The highest BCUT2D eigenvalue weighted by molar-refractivity contribution is 7.09. The summed E-state index contributed by atoms with van der Waals surface area (Å²) >= 11 is 1.71. The second-order valence-electron chi connectivity index (χ2n) is 8.10. The van der Waals surface area contributed by atoms with Crippen LogP contribution in [0.5, 0.6) is 0 Å². The zero-order valence-electron chi connectivity index (χ0n) is 18.3. The summed E-state index contributed by atoms with van der Waals surface area (Å²) in [6, 6.07) is 0. The first-order valence-corrected chi connectivity index (χ1v) is 11.4. The van der Waals surface area contributed by atoms with Gasteiger partial charge in [-0.2, -0.15) is 0 Å². The maximum Gasteiger partial charge on any atom is 0.208 e. The lowest BCUT2D eigenvalue weighted by Crippen LogP contribution is -2.42. The first-order chi connectivity index (χ1) is 13.9. The fourth-order valence-corrected chi connectivity index (χ4v) is 4.33. The van der Waals surface area contributed by atoms with Crippen molar-refractivity contribution in [3.8, 4) is 0 Å². The molecule has 7 nitrogen and oxygen atoms in total. The molecule has 0 spiro atoms. The Morgan fingerprint density at radius 3 is 2.62 bits per heavy atom. The molecule has 0 unspecified atom stereocenters. The molecule has 3 rings (SSSR count). The molecule has 8 heteroatoms. The number of thiazole rings is 1. The Morgan fingerprint density at radius 1 is 1.28 bits per heavy atom. The second kappa shape index (κ2) is 10.2. The third-order valence-corrected chi connectivity index (χ3v) is 6.36. The average molecular weight is 419 g/mol. The predicted octanol–water partition coefficient (Wildman–Crippen LogP) is 3.45. The summed E-state index contributed by atoms with van der Waals surface area (Å²) in [4.78, 5) is 16.0. The van der Waals surface area contributed by atoms with Gasteiger partial charge in [-0.05, 0) is 51.6 Å². The van der Waals surface area contributed by atoms with Gasteiger partial charge in [0.1, 0.15) is 10.8 Å². The van der Waals surface area contributed by atoms with Crippen molar-refractivity contribution < 1.29 is 4.42 Å². The van der Waals surface area contributed by atoms with Gasteiger partial charge in [0.05, 0.1) is 24.5 Å². The summed E-state index contributed by atoms with van der Waals surface area (Å²) in [5.74, 6) is 3.74. The maximum atomic E-state index is 5.72. The molecule has 2 aromatic rings. The number of hydrogen-bond donors (Lipinski definition) is 2. The van der Waals surface area contributed by atoms with Crippen LogP contribution in [0.25, 0.3) is 0 Å². The fraction of sp³-hybridized carbons (Fsp3) is 0.667. The van der Waals surface area contributed by atoms with Crippen LogP contribution >= 0.6 is 11.3 Å². The van der Waals surface area contributed by atoms with E-state index in [2.05, 4.69) is 49.7 Å². The number of nitrogens with zero attached hydrogens (tertiary/aromatic N) is 4. The zero-order valence-corrected chi connectivity index (χ0v) is 19.1. The van der Waals surface area contributed by atoms with Gasteiger partial charge < -0.3 is 15.1 Å². The van der Waals surface area contributed by atoms with Gasteiger partial charge in [0.15, 0.2) is 5.96 Å². The smallest absolute Gasteiger partial charge is 0.208 e. The van der Waals surface area contributed by atoms with E-state index in [4.69, 9.17) is 4.42 Å². The van der Waals surface area contributed by atoms with Crippen molar-refractivity contribution in [2.45, 2.75) is 59.5 Å². The van der Waals surface area contributed by atoms with E-state index in [9.17, 15) is 0 Å². The molecule has 0 radical (unpaired) electrons. The van der Waals surface area contributed by atoms with Crippen LogP contribution in [-0.2, 0) is 13.1 Å². The molecule has 3 heterocycles. The number of likely N-dealkylation sites (tertiary alicyclic amines) is 1. The minimum Gasteiger partial charge on any atom is -0.444 e. The van der Waals surface area contributed by atoms with E-state index >= 15 is 0 Å². The molecule has 0 saturated carbocycles. The summed E-state index contributed by atoms with van der Waals surface area (Å²) < 4.78 is 5.72. The van der Waals surface area contributed by atoms with Gasteiger partial charge in [0.25, 0.3) is 0 Å². The molecule has 0 atom stereocenters. The van der Waals surface area contributed by atoms with Crippen LogP contribution in [0.2, 0.25) is 0 Å². The quantitative estimate of drug-likeness (QED) is 0.530. The maximum absolute atomic E-state index is 5.72. The third kappa shape index (κ3) is 6.27. The lowest BCUT2D eigenvalue weighted by atomic mass is 9.97. The van der Waals surface area contributed by atoms with Gasteiger partial charge in [0, 0.05) is 19.0 Å². The van der Waals surface area contributed by atoms with Gasteiger partial charge in [-0.15, -0.1) is 11.3 Å². The fourth-order valence-electron chi connectivity index (χ4n) is 3.44. The number of nitrogens with one attached hydrogen (secondary N) is 2. The van der Waals surface area contributed by atoms with Crippen molar-refractivity contribution >= 4 is 17.3 Å². The summed E-state index contributed by atoms with van der Waals surface area (Å²) in [5, 5.41) is 10.1. The van der Waals surface area contributed by atoms with Crippen LogP contribution in [0, 0.1) is 19.8 Å². The Labute approximate surface area is 178 Å². The predicted molar refractivity (Wildman–Crippen MR) is 118 cm³/mol. The second-order valence-corrected chi connectivity index (χ2v) is 9.04. The van der Waals surface area contributed by atoms with Crippen molar-refractivity contribution in [1.82, 2.24) is 25.5 Å². The average Bonchev–Trinajstić information content (AvgIpc) is 3.30. The zero-order chi connectivity index (χ0) is 20.8. The normalized spacial score (nSPS) is 16.6. The minimum absolute atomic E-state index is 0.472. The molecule has 1 aliphatic rings.